The highest BCUT2D eigenvalue weighted by Crippen LogP contribution is 2.33. The molecule has 7 heteroatoms. The third-order valence-corrected chi connectivity index (χ3v) is 4.54. The largest absolute Gasteiger partial charge is 0.463 e. The number of aryl methyl sites for hydroxylation is 1. The molecule has 0 spiro atoms. The van der Waals surface area contributed by atoms with Crippen molar-refractivity contribution < 1.29 is 13.9 Å². The van der Waals surface area contributed by atoms with E-state index < -0.39 is 5.97 Å². The van der Waals surface area contributed by atoms with Gasteiger partial charge in [-0.3, -0.25) is 0 Å². The van der Waals surface area contributed by atoms with E-state index in [1.165, 1.54) is 18.4 Å². The number of thiazole rings is 1. The fraction of sp³-hybridized carbons (Fsp3) is 0.273. The van der Waals surface area contributed by atoms with Gasteiger partial charge in [-0.2, -0.15) is 0 Å². The number of carbonyl (C=O) groups excluding carboxylic acids is 1. The van der Waals surface area contributed by atoms with Crippen LogP contribution in [0.1, 0.15) is 22.0 Å². The quantitative estimate of drug-likeness (QED) is 0.687. The number of methoxy groups -OCH3 is 1. The first-order valence-corrected chi connectivity index (χ1v) is 6.93. The molecule has 0 aliphatic heterocycles. The van der Waals surface area contributed by atoms with E-state index in [4.69, 9.17) is 10.2 Å². The molecule has 0 fully saturated rings. The van der Waals surface area contributed by atoms with Crippen LogP contribution in [0.25, 0.3) is 0 Å². The Morgan fingerprint density at radius 2 is 2.39 bits per heavy atom. The summed E-state index contributed by atoms with van der Waals surface area (Å²) in [5, 5.41) is 0.560. The molecule has 0 amide bonds. The van der Waals surface area contributed by atoms with Crippen molar-refractivity contribution in [3.8, 4) is 0 Å². The van der Waals surface area contributed by atoms with Gasteiger partial charge >= 0.3 is 5.97 Å². The molecule has 2 aromatic heterocycles. The third kappa shape index (κ3) is 2.85. The molecule has 18 heavy (non-hydrogen) atoms. The van der Waals surface area contributed by atoms with E-state index in [2.05, 4.69) is 9.72 Å². The number of nitrogen functional groups attached to an aromatic ring is 1. The summed E-state index contributed by atoms with van der Waals surface area (Å²) in [5.74, 6) is 1.09. The van der Waals surface area contributed by atoms with Gasteiger partial charge in [-0.1, -0.05) is 11.3 Å². The maximum atomic E-state index is 11.2. The third-order valence-electron chi connectivity index (χ3n) is 2.16. The minimum absolute atomic E-state index is 0.216. The lowest BCUT2D eigenvalue weighted by atomic mass is 10.4. The van der Waals surface area contributed by atoms with Gasteiger partial charge in [-0.15, -0.1) is 11.8 Å². The molecule has 2 heterocycles. The lowest BCUT2D eigenvalue weighted by molar-refractivity contribution is 0.0563. The van der Waals surface area contributed by atoms with E-state index in [1.807, 2.05) is 6.92 Å². The van der Waals surface area contributed by atoms with Crippen LogP contribution < -0.4 is 5.73 Å². The van der Waals surface area contributed by atoms with Crippen molar-refractivity contribution in [3.63, 3.8) is 0 Å². The first-order chi connectivity index (χ1) is 8.60. The number of rotatable bonds is 4. The van der Waals surface area contributed by atoms with Crippen molar-refractivity contribution >= 4 is 34.2 Å². The molecule has 0 unspecified atom stereocenters. The van der Waals surface area contributed by atoms with E-state index in [9.17, 15) is 4.79 Å². The predicted octanol–water partition coefficient (Wildman–Crippen LogP) is 2.71. The van der Waals surface area contributed by atoms with Gasteiger partial charge in [-0.25, -0.2) is 9.78 Å². The second kappa shape index (κ2) is 5.45. The number of hydrogen-bond donors (Lipinski definition) is 1. The maximum Gasteiger partial charge on any atom is 0.373 e. The van der Waals surface area contributed by atoms with E-state index in [0.29, 0.717) is 16.6 Å². The predicted molar refractivity (Wildman–Crippen MR) is 70.9 cm³/mol. The average Bonchev–Trinajstić information content (AvgIpc) is 2.92. The molecule has 0 saturated heterocycles. The van der Waals surface area contributed by atoms with Crippen LogP contribution >= 0.6 is 23.1 Å². The lowest BCUT2D eigenvalue weighted by Crippen LogP contribution is -1.98. The summed E-state index contributed by atoms with van der Waals surface area (Å²) in [6.45, 7) is 1.91. The molecule has 2 rings (SSSR count). The summed E-state index contributed by atoms with van der Waals surface area (Å²) in [4.78, 5) is 15.4. The zero-order valence-corrected chi connectivity index (χ0v) is 11.6. The van der Waals surface area contributed by atoms with Crippen LogP contribution in [0.3, 0.4) is 0 Å². The number of furan rings is 1. The molecule has 0 bridgehead atoms. The van der Waals surface area contributed by atoms with Crippen molar-refractivity contribution in [2.24, 2.45) is 0 Å². The molecule has 5 nitrogen and oxygen atoms in total. The zero-order valence-electron chi connectivity index (χ0n) is 9.93. The number of thioether (sulfide) groups is 1. The Hall–Kier alpha value is -1.47. The number of carbonyl (C=O) groups is 1. The Morgan fingerprint density at radius 1 is 1.61 bits per heavy atom. The molecule has 2 N–H and O–H groups in total. The number of aromatic nitrogens is 1. The monoisotopic (exact) mass is 284 g/mol. The smallest absolute Gasteiger partial charge is 0.373 e. The molecule has 0 atom stereocenters. The Bertz CT molecular complexity index is 562. The Kier molecular flexibility index (Phi) is 3.93. The molecular formula is C11H12N2O3S2. The zero-order chi connectivity index (χ0) is 13.1. The van der Waals surface area contributed by atoms with Gasteiger partial charge in [0.05, 0.1) is 22.8 Å². The topological polar surface area (TPSA) is 78.4 Å². The van der Waals surface area contributed by atoms with Gasteiger partial charge in [0.2, 0.25) is 5.76 Å². The molecular weight excluding hydrogens is 272 g/mol. The molecule has 96 valence electrons. The summed E-state index contributed by atoms with van der Waals surface area (Å²) < 4.78 is 11.0. The molecule has 0 radical (unpaired) electrons. The summed E-state index contributed by atoms with van der Waals surface area (Å²) >= 11 is 3.03. The van der Waals surface area contributed by atoms with Gasteiger partial charge in [-0.05, 0) is 19.1 Å². The average molecular weight is 284 g/mol. The van der Waals surface area contributed by atoms with Crippen LogP contribution in [-0.4, -0.2) is 18.1 Å². The van der Waals surface area contributed by atoms with Crippen LogP contribution in [0.15, 0.2) is 20.8 Å². The molecule has 0 saturated carbocycles. The number of nitrogens with zero attached hydrogens (tertiary/aromatic N) is 1. The van der Waals surface area contributed by atoms with Crippen molar-refractivity contribution in [3.05, 3.63) is 29.3 Å². The first kappa shape index (κ1) is 13.0. The summed E-state index contributed by atoms with van der Waals surface area (Å²) in [6.07, 6.45) is 0. The molecule has 0 aliphatic carbocycles. The minimum atomic E-state index is -0.468. The van der Waals surface area contributed by atoms with E-state index in [-0.39, 0.29) is 5.76 Å². The van der Waals surface area contributed by atoms with Gasteiger partial charge in [0.15, 0.2) is 5.13 Å². The fourth-order valence-corrected chi connectivity index (χ4v) is 3.26. The van der Waals surface area contributed by atoms with Gasteiger partial charge in [0.25, 0.3) is 0 Å². The number of ether oxygens (including phenoxy) is 1. The van der Waals surface area contributed by atoms with Crippen LogP contribution in [0.5, 0.6) is 0 Å². The van der Waals surface area contributed by atoms with E-state index in [1.54, 1.807) is 23.9 Å². The van der Waals surface area contributed by atoms with Crippen LogP contribution in [0.4, 0.5) is 5.13 Å². The standard InChI is InChI=1S/C11H12N2O3S2/c1-6-10(18-11(12)13-6)17-5-7-3-4-8(16-7)9(14)15-2/h3-4H,5H2,1-2H3,(H2,12,13). The summed E-state index contributed by atoms with van der Waals surface area (Å²) in [5.41, 5.74) is 6.54. The Balaban J connectivity index is 2.00. The lowest BCUT2D eigenvalue weighted by Gasteiger charge is -1.96. The van der Waals surface area contributed by atoms with Crippen LogP contribution in [0, 0.1) is 6.92 Å². The first-order valence-electron chi connectivity index (χ1n) is 5.13. The van der Waals surface area contributed by atoms with E-state index in [0.717, 1.165) is 9.90 Å². The minimum Gasteiger partial charge on any atom is -0.463 e. The van der Waals surface area contributed by atoms with Crippen LogP contribution in [-0.2, 0) is 10.5 Å². The van der Waals surface area contributed by atoms with Crippen LogP contribution in [0.2, 0.25) is 0 Å². The number of hydrogen-bond acceptors (Lipinski definition) is 7. The van der Waals surface area contributed by atoms with Crippen molar-refractivity contribution in [1.29, 1.82) is 0 Å². The number of nitrogens with two attached hydrogens (primary N) is 1. The summed E-state index contributed by atoms with van der Waals surface area (Å²) in [6, 6.07) is 3.37. The highest BCUT2D eigenvalue weighted by molar-refractivity contribution is 8.00. The SMILES string of the molecule is COC(=O)c1ccc(CSc2sc(N)nc2C)o1. The van der Waals surface area contributed by atoms with Crippen molar-refractivity contribution in [1.82, 2.24) is 4.98 Å². The highest BCUT2D eigenvalue weighted by atomic mass is 32.2. The van der Waals surface area contributed by atoms with Crippen molar-refractivity contribution in [2.75, 3.05) is 12.8 Å². The van der Waals surface area contributed by atoms with Crippen molar-refractivity contribution in [2.45, 2.75) is 16.9 Å². The van der Waals surface area contributed by atoms with Gasteiger partial charge in [0.1, 0.15) is 5.76 Å². The number of anilines is 1. The van der Waals surface area contributed by atoms with E-state index >= 15 is 0 Å². The number of esters is 1. The second-order valence-corrected chi connectivity index (χ2v) is 5.75. The Morgan fingerprint density at radius 3 is 3.00 bits per heavy atom. The van der Waals surface area contributed by atoms with Gasteiger partial charge in [0, 0.05) is 0 Å². The van der Waals surface area contributed by atoms with Gasteiger partial charge < -0.3 is 14.9 Å². The fourth-order valence-electron chi connectivity index (χ4n) is 1.34. The highest BCUT2D eigenvalue weighted by Gasteiger charge is 2.12. The second-order valence-electron chi connectivity index (χ2n) is 3.47. The Labute approximate surface area is 112 Å². The molecule has 2 aromatic rings. The maximum absolute atomic E-state index is 11.2. The normalized spacial score (nSPS) is 10.6. The molecule has 0 aromatic carbocycles. The molecule has 0 aliphatic rings. The summed E-state index contributed by atoms with van der Waals surface area (Å²) in [7, 11) is 1.32.